The topological polar surface area (TPSA) is 52.0 Å². The molecule has 2 rings (SSSR count). The molecule has 0 aliphatic heterocycles. The summed E-state index contributed by atoms with van der Waals surface area (Å²) in [6, 6.07) is 0. The number of rotatable bonds is 0. The lowest BCUT2D eigenvalue weighted by Gasteiger charge is -2.20. The molecule has 0 radical (unpaired) electrons. The largest absolute Gasteiger partial charge is 0.400 e. The van der Waals surface area contributed by atoms with Crippen LogP contribution in [-0.4, -0.2) is 5.54 Å². The predicted octanol–water partition coefficient (Wildman–Crippen LogP) is 0.260. The van der Waals surface area contributed by atoms with E-state index in [1.807, 2.05) is 6.08 Å². The number of allylic oxidation sites excluding steroid dienone is 1. The van der Waals surface area contributed by atoms with Crippen LogP contribution in [0.4, 0.5) is 0 Å². The van der Waals surface area contributed by atoms with Crippen LogP contribution in [0.25, 0.3) is 0 Å². The molecule has 0 aromatic heterocycles. The second kappa shape index (κ2) is 1.21. The van der Waals surface area contributed by atoms with Crippen LogP contribution in [-0.2, 0) is 0 Å². The van der Waals surface area contributed by atoms with Gasteiger partial charge < -0.3 is 11.5 Å². The molecule has 2 aliphatic rings. The van der Waals surface area contributed by atoms with E-state index in [-0.39, 0.29) is 5.54 Å². The van der Waals surface area contributed by atoms with Crippen LogP contribution in [0.1, 0.15) is 12.8 Å². The summed E-state index contributed by atoms with van der Waals surface area (Å²) in [6.07, 6.45) is 6.04. The highest BCUT2D eigenvalue weighted by molar-refractivity contribution is 5.44. The minimum absolute atomic E-state index is 0.185. The lowest BCUT2D eigenvalue weighted by Crippen LogP contribution is -2.40. The predicted molar refractivity (Wildman–Crippen MR) is 36.5 cm³/mol. The minimum Gasteiger partial charge on any atom is -0.400 e. The second-order valence-corrected chi connectivity index (χ2v) is 2.92. The molecule has 1 unspecified atom stereocenters. The molecule has 0 spiro atoms. The summed E-state index contributed by atoms with van der Waals surface area (Å²) in [5.41, 5.74) is 13.5. The molecule has 9 heavy (non-hydrogen) atoms. The quantitative estimate of drug-likeness (QED) is 0.484. The number of hydrogen-bond acceptors (Lipinski definition) is 2. The van der Waals surface area contributed by atoms with E-state index in [0.29, 0.717) is 0 Å². The smallest absolute Gasteiger partial charge is 0.0631 e. The van der Waals surface area contributed by atoms with Crippen LogP contribution in [0.2, 0.25) is 0 Å². The van der Waals surface area contributed by atoms with E-state index in [4.69, 9.17) is 11.5 Å². The average molecular weight is 122 g/mol. The maximum Gasteiger partial charge on any atom is 0.0631 e. The van der Waals surface area contributed by atoms with Crippen molar-refractivity contribution in [3.05, 3.63) is 23.4 Å². The van der Waals surface area contributed by atoms with Gasteiger partial charge in [-0.25, -0.2) is 0 Å². The molecule has 0 saturated heterocycles. The fourth-order valence-corrected chi connectivity index (χ4v) is 1.50. The molecule has 1 atom stereocenters. The van der Waals surface area contributed by atoms with Crippen LogP contribution in [0.5, 0.6) is 0 Å². The van der Waals surface area contributed by atoms with Gasteiger partial charge in [-0.05, 0) is 24.5 Å². The van der Waals surface area contributed by atoms with Gasteiger partial charge in [0.05, 0.1) is 5.54 Å². The first-order valence-electron chi connectivity index (χ1n) is 3.16. The van der Waals surface area contributed by atoms with Gasteiger partial charge in [0, 0.05) is 5.70 Å². The second-order valence-electron chi connectivity index (χ2n) is 2.92. The van der Waals surface area contributed by atoms with E-state index in [9.17, 15) is 0 Å². The Hall–Kier alpha value is -0.760. The highest BCUT2D eigenvalue weighted by Crippen LogP contribution is 2.38. The summed E-state index contributed by atoms with van der Waals surface area (Å²) in [4.78, 5) is 0. The van der Waals surface area contributed by atoms with Crippen molar-refractivity contribution < 1.29 is 0 Å². The Labute approximate surface area is 54.2 Å². The van der Waals surface area contributed by atoms with E-state index in [1.165, 1.54) is 5.57 Å². The Bertz CT molecular complexity index is 215. The van der Waals surface area contributed by atoms with Gasteiger partial charge in [0.25, 0.3) is 0 Å². The number of fused-ring (bicyclic) bond motifs is 2. The summed E-state index contributed by atoms with van der Waals surface area (Å²) in [5, 5.41) is 0. The Balaban J connectivity index is 2.48. The zero-order valence-corrected chi connectivity index (χ0v) is 5.22. The molecule has 4 N–H and O–H groups in total. The van der Waals surface area contributed by atoms with Crippen LogP contribution in [0.15, 0.2) is 23.4 Å². The highest BCUT2D eigenvalue weighted by Gasteiger charge is 2.37. The first-order valence-corrected chi connectivity index (χ1v) is 3.16. The molecule has 0 aromatic rings. The third-order valence-corrected chi connectivity index (χ3v) is 2.16. The third kappa shape index (κ3) is 0.485. The molecule has 0 fully saturated rings. The monoisotopic (exact) mass is 122 g/mol. The lowest BCUT2D eigenvalue weighted by molar-refractivity contribution is 0.542. The minimum atomic E-state index is -0.185. The van der Waals surface area contributed by atoms with Crippen molar-refractivity contribution in [2.24, 2.45) is 11.5 Å². The Morgan fingerprint density at radius 3 is 2.56 bits per heavy atom. The number of hydrogen-bond donors (Lipinski definition) is 2. The van der Waals surface area contributed by atoms with E-state index >= 15 is 0 Å². The summed E-state index contributed by atoms with van der Waals surface area (Å²) >= 11 is 0. The molecule has 2 nitrogen and oxygen atoms in total. The van der Waals surface area contributed by atoms with Gasteiger partial charge in [0.2, 0.25) is 0 Å². The van der Waals surface area contributed by atoms with Gasteiger partial charge >= 0.3 is 0 Å². The maximum absolute atomic E-state index is 5.90. The van der Waals surface area contributed by atoms with Gasteiger partial charge in [0.15, 0.2) is 0 Å². The molecule has 0 heterocycles. The molecule has 0 aromatic carbocycles. The van der Waals surface area contributed by atoms with Crippen molar-refractivity contribution in [1.29, 1.82) is 0 Å². The van der Waals surface area contributed by atoms with Gasteiger partial charge in [-0.2, -0.15) is 0 Å². The van der Waals surface area contributed by atoms with Crippen molar-refractivity contribution in [3.63, 3.8) is 0 Å². The zero-order valence-electron chi connectivity index (χ0n) is 5.22. The summed E-state index contributed by atoms with van der Waals surface area (Å²) < 4.78 is 0. The van der Waals surface area contributed by atoms with Crippen molar-refractivity contribution in [2.75, 3.05) is 0 Å². The van der Waals surface area contributed by atoms with Crippen LogP contribution in [0, 0.1) is 0 Å². The van der Waals surface area contributed by atoms with E-state index < -0.39 is 0 Å². The van der Waals surface area contributed by atoms with Crippen molar-refractivity contribution >= 4 is 0 Å². The Kier molecular flexibility index (Phi) is 0.682. The van der Waals surface area contributed by atoms with Gasteiger partial charge in [-0.1, -0.05) is 6.08 Å². The zero-order chi connectivity index (χ0) is 6.48. The fourth-order valence-electron chi connectivity index (χ4n) is 1.50. The summed E-state index contributed by atoms with van der Waals surface area (Å²) in [6.45, 7) is 0. The molecule has 2 heteroatoms. The Morgan fingerprint density at radius 1 is 1.56 bits per heavy atom. The molecule has 2 bridgehead atoms. The third-order valence-electron chi connectivity index (χ3n) is 2.16. The SMILES string of the molecule is NC1=CC2=CCC1(N)C2. The van der Waals surface area contributed by atoms with Gasteiger partial charge in [0.1, 0.15) is 0 Å². The van der Waals surface area contributed by atoms with Crippen molar-refractivity contribution in [2.45, 2.75) is 18.4 Å². The van der Waals surface area contributed by atoms with Crippen molar-refractivity contribution in [3.8, 4) is 0 Å². The van der Waals surface area contributed by atoms with Gasteiger partial charge in [-0.15, -0.1) is 0 Å². The molecular formula is C7H10N2. The van der Waals surface area contributed by atoms with E-state index in [2.05, 4.69) is 6.08 Å². The Morgan fingerprint density at radius 2 is 2.33 bits per heavy atom. The molecular weight excluding hydrogens is 112 g/mol. The summed E-state index contributed by atoms with van der Waals surface area (Å²) in [5.74, 6) is 0. The van der Waals surface area contributed by atoms with E-state index in [1.54, 1.807) is 0 Å². The summed E-state index contributed by atoms with van der Waals surface area (Å²) in [7, 11) is 0. The molecule has 2 aliphatic carbocycles. The van der Waals surface area contributed by atoms with Crippen LogP contribution >= 0.6 is 0 Å². The first kappa shape index (κ1) is 5.06. The highest BCUT2D eigenvalue weighted by atomic mass is 14.9. The molecule has 48 valence electrons. The van der Waals surface area contributed by atoms with Crippen molar-refractivity contribution in [1.82, 2.24) is 0 Å². The molecule has 0 saturated carbocycles. The van der Waals surface area contributed by atoms with Crippen LogP contribution < -0.4 is 11.5 Å². The fraction of sp³-hybridized carbons (Fsp3) is 0.429. The average Bonchev–Trinajstić information content (AvgIpc) is 2.22. The normalized spacial score (nSPS) is 38.8. The number of nitrogens with two attached hydrogens (primary N) is 2. The van der Waals surface area contributed by atoms with Gasteiger partial charge in [-0.3, -0.25) is 0 Å². The first-order chi connectivity index (χ1) is 4.21. The molecule has 0 amide bonds. The van der Waals surface area contributed by atoms with E-state index in [0.717, 1.165) is 18.5 Å². The maximum atomic E-state index is 5.90. The van der Waals surface area contributed by atoms with Crippen LogP contribution in [0.3, 0.4) is 0 Å². The lowest BCUT2D eigenvalue weighted by atomic mass is 9.98. The standard InChI is InChI=1S/C7H10N2/c8-6-3-5-1-2-7(6,9)4-5/h1,3H,2,4,8-9H2.